The van der Waals surface area contributed by atoms with Crippen LogP contribution < -0.4 is 0 Å². The summed E-state index contributed by atoms with van der Waals surface area (Å²) in [5.74, 6) is 0.482. The molecule has 15 heavy (non-hydrogen) atoms. The van der Waals surface area contributed by atoms with Gasteiger partial charge in [0.25, 0.3) is 0 Å². The average Bonchev–Trinajstić information content (AvgIpc) is 2.77. The van der Waals surface area contributed by atoms with Crippen molar-refractivity contribution < 1.29 is 14.3 Å². The summed E-state index contributed by atoms with van der Waals surface area (Å²) in [5, 5.41) is 0. The molecule has 1 saturated heterocycles. The molecule has 2 aliphatic carbocycles. The maximum atomic E-state index is 11.5. The van der Waals surface area contributed by atoms with E-state index in [1.165, 1.54) is 0 Å². The Morgan fingerprint density at radius 1 is 1.07 bits per heavy atom. The first-order valence-corrected chi connectivity index (χ1v) is 5.55. The van der Waals surface area contributed by atoms with Crippen molar-refractivity contribution in [2.24, 2.45) is 35.5 Å². The van der Waals surface area contributed by atoms with Gasteiger partial charge in [0.1, 0.15) is 0 Å². The molecular formula is C12H14O3. The molecule has 3 aliphatic rings. The van der Waals surface area contributed by atoms with Crippen molar-refractivity contribution in [2.45, 2.75) is 13.8 Å². The Bertz CT molecular complexity index is 339. The van der Waals surface area contributed by atoms with Crippen molar-refractivity contribution in [3.63, 3.8) is 0 Å². The van der Waals surface area contributed by atoms with E-state index in [1.807, 2.05) is 0 Å². The fourth-order valence-electron chi connectivity index (χ4n) is 3.70. The molecule has 1 saturated carbocycles. The lowest BCUT2D eigenvalue weighted by Gasteiger charge is -2.21. The lowest BCUT2D eigenvalue weighted by Crippen LogP contribution is -2.21. The summed E-state index contributed by atoms with van der Waals surface area (Å²) in [6, 6.07) is 0. The van der Waals surface area contributed by atoms with Crippen LogP contribution in [0, 0.1) is 35.5 Å². The number of esters is 2. The summed E-state index contributed by atoms with van der Waals surface area (Å²) in [4.78, 5) is 23.1. The molecule has 4 unspecified atom stereocenters. The van der Waals surface area contributed by atoms with E-state index in [2.05, 4.69) is 26.0 Å². The molecule has 0 N–H and O–H groups in total. The maximum absolute atomic E-state index is 11.5. The molecule has 0 spiro atoms. The van der Waals surface area contributed by atoms with Crippen LogP contribution in [-0.2, 0) is 14.3 Å². The monoisotopic (exact) mass is 206 g/mol. The van der Waals surface area contributed by atoms with Gasteiger partial charge in [0.15, 0.2) is 0 Å². The minimum Gasteiger partial charge on any atom is -0.393 e. The second-order valence-corrected chi connectivity index (χ2v) is 5.15. The first-order chi connectivity index (χ1) is 7.11. The van der Waals surface area contributed by atoms with Gasteiger partial charge in [-0.2, -0.15) is 0 Å². The van der Waals surface area contributed by atoms with Crippen molar-refractivity contribution in [3.8, 4) is 0 Å². The number of hydrogen-bond donors (Lipinski definition) is 0. The number of ether oxygens (including phenoxy) is 1. The summed E-state index contributed by atoms with van der Waals surface area (Å²) < 4.78 is 4.72. The molecule has 0 amide bonds. The fraction of sp³-hybridized carbons (Fsp3) is 0.667. The Hall–Kier alpha value is -1.12. The molecule has 2 fully saturated rings. The highest BCUT2D eigenvalue weighted by Crippen LogP contribution is 2.57. The Labute approximate surface area is 88.5 Å². The van der Waals surface area contributed by atoms with Gasteiger partial charge in [0.2, 0.25) is 0 Å². The molecule has 3 rings (SSSR count). The summed E-state index contributed by atoms with van der Waals surface area (Å²) in [6.07, 6.45) is 4.22. The van der Waals surface area contributed by atoms with Crippen molar-refractivity contribution >= 4 is 11.9 Å². The van der Waals surface area contributed by atoms with Gasteiger partial charge in [0, 0.05) is 0 Å². The van der Waals surface area contributed by atoms with Crippen LogP contribution in [-0.4, -0.2) is 11.9 Å². The van der Waals surface area contributed by atoms with Crippen LogP contribution in [0.1, 0.15) is 13.8 Å². The molecule has 1 aliphatic heterocycles. The largest absolute Gasteiger partial charge is 0.393 e. The predicted octanol–water partition coefficient (Wildman–Crippen LogP) is 1.39. The van der Waals surface area contributed by atoms with Gasteiger partial charge in [-0.15, -0.1) is 0 Å². The molecule has 0 aromatic heterocycles. The maximum Gasteiger partial charge on any atom is 0.318 e. The number of allylic oxidation sites excluding steroid dienone is 2. The number of fused-ring (bicyclic) bond motifs is 5. The van der Waals surface area contributed by atoms with Gasteiger partial charge in [-0.3, -0.25) is 9.59 Å². The molecule has 3 heteroatoms. The van der Waals surface area contributed by atoms with Crippen LogP contribution in [0.3, 0.4) is 0 Å². The standard InChI is InChI=1S/C12H14O3/c1-5(2)8-6-3-4-7(8)10-9(6)11(13)15-12(10)14/h3-10H,1-2H3. The third kappa shape index (κ3) is 0.959. The minimum atomic E-state index is -0.299. The van der Waals surface area contributed by atoms with E-state index < -0.39 is 0 Å². The third-order valence-electron chi connectivity index (χ3n) is 4.18. The minimum absolute atomic E-state index is 0.181. The Morgan fingerprint density at radius 3 is 1.93 bits per heavy atom. The molecule has 0 aromatic rings. The van der Waals surface area contributed by atoms with Crippen LogP contribution in [0.5, 0.6) is 0 Å². The smallest absolute Gasteiger partial charge is 0.318 e. The van der Waals surface area contributed by atoms with Crippen molar-refractivity contribution in [3.05, 3.63) is 12.2 Å². The Kier molecular flexibility index (Phi) is 1.65. The molecule has 1 heterocycles. The number of carbonyl (C=O) groups is 2. The van der Waals surface area contributed by atoms with Crippen LogP contribution in [0.2, 0.25) is 0 Å². The van der Waals surface area contributed by atoms with Gasteiger partial charge < -0.3 is 4.74 Å². The van der Waals surface area contributed by atoms with Crippen molar-refractivity contribution in [2.75, 3.05) is 0 Å². The van der Waals surface area contributed by atoms with E-state index in [0.29, 0.717) is 11.8 Å². The Morgan fingerprint density at radius 2 is 1.53 bits per heavy atom. The zero-order chi connectivity index (χ0) is 10.7. The summed E-state index contributed by atoms with van der Waals surface area (Å²) in [7, 11) is 0. The first-order valence-electron chi connectivity index (χ1n) is 5.55. The SMILES string of the molecule is CC(C)C1C2C=CC1C1C(=O)OC(=O)C21. The highest BCUT2D eigenvalue weighted by molar-refractivity contribution is 5.98. The van der Waals surface area contributed by atoms with E-state index in [0.717, 1.165) is 0 Å². The van der Waals surface area contributed by atoms with Crippen molar-refractivity contribution in [1.29, 1.82) is 0 Å². The number of cyclic esters (lactones) is 2. The van der Waals surface area contributed by atoms with Crippen LogP contribution >= 0.6 is 0 Å². The van der Waals surface area contributed by atoms with Gasteiger partial charge in [-0.25, -0.2) is 0 Å². The number of hydrogen-bond acceptors (Lipinski definition) is 3. The summed E-state index contributed by atoms with van der Waals surface area (Å²) >= 11 is 0. The number of rotatable bonds is 1. The zero-order valence-corrected chi connectivity index (χ0v) is 8.84. The molecule has 0 aromatic carbocycles. The summed E-state index contributed by atoms with van der Waals surface area (Å²) in [5.41, 5.74) is 0. The quantitative estimate of drug-likeness (QED) is 0.370. The average molecular weight is 206 g/mol. The van der Waals surface area contributed by atoms with E-state index in [4.69, 9.17) is 4.74 Å². The van der Waals surface area contributed by atoms with Crippen LogP contribution in [0.25, 0.3) is 0 Å². The highest BCUT2D eigenvalue weighted by atomic mass is 16.6. The van der Waals surface area contributed by atoms with Gasteiger partial charge in [-0.1, -0.05) is 26.0 Å². The first kappa shape index (κ1) is 9.13. The number of carbonyl (C=O) groups excluding carboxylic acids is 2. The van der Waals surface area contributed by atoms with Gasteiger partial charge in [-0.05, 0) is 23.7 Å². The second-order valence-electron chi connectivity index (χ2n) is 5.15. The normalized spacial score (nSPS) is 46.5. The molecule has 2 bridgehead atoms. The van der Waals surface area contributed by atoms with Gasteiger partial charge >= 0.3 is 11.9 Å². The third-order valence-corrected chi connectivity index (χ3v) is 4.18. The van der Waals surface area contributed by atoms with E-state index in [9.17, 15) is 9.59 Å². The highest BCUT2D eigenvalue weighted by Gasteiger charge is 2.62. The molecular weight excluding hydrogens is 192 g/mol. The van der Waals surface area contributed by atoms with Gasteiger partial charge in [0.05, 0.1) is 11.8 Å². The molecule has 4 atom stereocenters. The topological polar surface area (TPSA) is 43.4 Å². The molecule has 80 valence electrons. The predicted molar refractivity (Wildman–Crippen MR) is 52.5 cm³/mol. The molecule has 3 nitrogen and oxygen atoms in total. The van der Waals surface area contributed by atoms with E-state index >= 15 is 0 Å². The summed E-state index contributed by atoms with van der Waals surface area (Å²) in [6.45, 7) is 4.32. The van der Waals surface area contributed by atoms with E-state index in [-0.39, 0.29) is 35.6 Å². The van der Waals surface area contributed by atoms with Crippen LogP contribution in [0.15, 0.2) is 12.2 Å². The lowest BCUT2D eigenvalue weighted by molar-refractivity contribution is -0.155. The zero-order valence-electron chi connectivity index (χ0n) is 8.84. The molecule has 0 radical (unpaired) electrons. The van der Waals surface area contributed by atoms with E-state index in [1.54, 1.807) is 0 Å². The fourth-order valence-corrected chi connectivity index (χ4v) is 3.70. The Balaban J connectivity index is 2.02. The van der Waals surface area contributed by atoms with Crippen LogP contribution in [0.4, 0.5) is 0 Å². The second kappa shape index (κ2) is 2.71. The lowest BCUT2D eigenvalue weighted by atomic mass is 9.84. The van der Waals surface area contributed by atoms with Crippen molar-refractivity contribution in [1.82, 2.24) is 0 Å².